The lowest BCUT2D eigenvalue weighted by Crippen LogP contribution is -1.89. The number of unbranched alkanes of at least 4 members (excludes halogenated alkanes) is 2. The summed E-state index contributed by atoms with van der Waals surface area (Å²) in [5.41, 5.74) is 1.48. The zero-order valence-electron chi connectivity index (χ0n) is 11.0. The summed E-state index contributed by atoms with van der Waals surface area (Å²) < 4.78 is 0. The Bertz CT molecular complexity index is 321. The maximum absolute atomic E-state index is 3.89. The second-order valence-electron chi connectivity index (χ2n) is 3.96. The van der Waals surface area contributed by atoms with Crippen LogP contribution in [0.1, 0.15) is 38.7 Å². The van der Waals surface area contributed by atoms with E-state index in [1.807, 2.05) is 23.5 Å². The second kappa shape index (κ2) is 8.93. The average molecular weight is 267 g/mol. The Balaban J connectivity index is 2.70. The first-order valence-corrected chi connectivity index (χ1v) is 8.46. The van der Waals surface area contributed by atoms with Crippen LogP contribution in [0.25, 0.3) is 0 Å². The summed E-state index contributed by atoms with van der Waals surface area (Å²) in [5.74, 6) is 2.30. The Labute approximate surface area is 115 Å². The number of hydrogen-bond acceptors (Lipinski definition) is 2. The van der Waals surface area contributed by atoms with Crippen LogP contribution in [-0.2, 0) is 6.42 Å². The van der Waals surface area contributed by atoms with E-state index in [1.54, 1.807) is 0 Å². The van der Waals surface area contributed by atoms with E-state index in [0.29, 0.717) is 0 Å². The Morgan fingerprint density at radius 3 is 2.35 bits per heavy atom. The fourth-order valence-corrected chi connectivity index (χ4v) is 3.54. The summed E-state index contributed by atoms with van der Waals surface area (Å²) in [4.78, 5) is 2.91. The van der Waals surface area contributed by atoms with Crippen molar-refractivity contribution in [2.45, 2.75) is 49.3 Å². The van der Waals surface area contributed by atoms with E-state index in [4.69, 9.17) is 0 Å². The molecule has 0 aliphatic rings. The summed E-state index contributed by atoms with van der Waals surface area (Å²) in [6.45, 7) is 8.33. The molecule has 0 aliphatic heterocycles. The molecule has 2 heteroatoms. The van der Waals surface area contributed by atoms with Gasteiger partial charge in [0.05, 0.1) is 0 Å². The Morgan fingerprint density at radius 1 is 1.00 bits per heavy atom. The number of rotatable bonds is 8. The molecular weight excluding hydrogens is 244 g/mol. The number of aryl methyl sites for hydroxylation is 1. The molecule has 0 heterocycles. The third-order valence-corrected chi connectivity index (χ3v) is 4.60. The van der Waals surface area contributed by atoms with Crippen molar-refractivity contribution in [3.8, 4) is 0 Å². The molecule has 95 valence electrons. The van der Waals surface area contributed by atoms with Crippen molar-refractivity contribution in [2.24, 2.45) is 0 Å². The van der Waals surface area contributed by atoms with Crippen LogP contribution in [0.4, 0.5) is 0 Å². The molecule has 0 amide bonds. The summed E-state index contributed by atoms with van der Waals surface area (Å²) in [7, 11) is 0. The topological polar surface area (TPSA) is 0 Å². The molecule has 1 radical (unpaired) electrons. The van der Waals surface area contributed by atoms with E-state index in [9.17, 15) is 0 Å². The van der Waals surface area contributed by atoms with Gasteiger partial charge in [0.1, 0.15) is 0 Å². The number of benzene rings is 1. The van der Waals surface area contributed by atoms with E-state index in [-0.39, 0.29) is 0 Å². The van der Waals surface area contributed by atoms with Crippen molar-refractivity contribution in [3.05, 3.63) is 30.7 Å². The maximum Gasteiger partial charge on any atom is 0.0211 e. The third kappa shape index (κ3) is 5.39. The Kier molecular flexibility index (Phi) is 7.87. The summed E-state index contributed by atoms with van der Waals surface area (Å²) in [5, 5.41) is 0. The first-order chi connectivity index (χ1) is 8.31. The normalized spacial score (nSPS) is 10.8. The second-order valence-corrected chi connectivity index (χ2v) is 6.57. The van der Waals surface area contributed by atoms with Crippen LogP contribution in [0.5, 0.6) is 0 Å². The van der Waals surface area contributed by atoms with Crippen LogP contribution in [0.2, 0.25) is 0 Å². The van der Waals surface area contributed by atoms with Crippen LogP contribution < -0.4 is 0 Å². The monoisotopic (exact) mass is 267 g/mol. The zero-order valence-corrected chi connectivity index (χ0v) is 12.6. The highest BCUT2D eigenvalue weighted by molar-refractivity contribution is 8.02. The molecule has 0 bridgehead atoms. The molecule has 0 nitrogen and oxygen atoms in total. The lowest BCUT2D eigenvalue weighted by molar-refractivity contribution is 0.744. The van der Waals surface area contributed by atoms with Crippen molar-refractivity contribution in [3.63, 3.8) is 0 Å². The molecule has 0 N–H and O–H groups in total. The van der Waals surface area contributed by atoms with Gasteiger partial charge in [-0.3, -0.25) is 0 Å². The van der Waals surface area contributed by atoms with E-state index >= 15 is 0 Å². The van der Waals surface area contributed by atoms with Gasteiger partial charge < -0.3 is 0 Å². The van der Waals surface area contributed by atoms with Crippen molar-refractivity contribution < 1.29 is 0 Å². The van der Waals surface area contributed by atoms with Crippen LogP contribution in [0.3, 0.4) is 0 Å². The predicted molar refractivity (Wildman–Crippen MR) is 82.2 cm³/mol. The molecule has 0 saturated heterocycles. The first kappa shape index (κ1) is 15.0. The maximum atomic E-state index is 3.89. The van der Waals surface area contributed by atoms with E-state index in [1.165, 1.54) is 34.6 Å². The van der Waals surface area contributed by atoms with Crippen molar-refractivity contribution >= 4 is 23.5 Å². The summed E-state index contributed by atoms with van der Waals surface area (Å²) >= 11 is 3.91. The van der Waals surface area contributed by atoms with Gasteiger partial charge in [0.15, 0.2) is 0 Å². The van der Waals surface area contributed by atoms with Gasteiger partial charge in [-0.2, -0.15) is 0 Å². The quantitative estimate of drug-likeness (QED) is 0.453. The van der Waals surface area contributed by atoms with Gasteiger partial charge in [0.2, 0.25) is 0 Å². The molecule has 1 aromatic rings. The molecule has 0 aromatic heterocycles. The first-order valence-electron chi connectivity index (χ1n) is 6.49. The molecule has 0 atom stereocenters. The summed E-state index contributed by atoms with van der Waals surface area (Å²) in [6, 6.07) is 6.97. The Morgan fingerprint density at radius 2 is 1.71 bits per heavy atom. The van der Waals surface area contributed by atoms with E-state index in [0.717, 1.165) is 17.9 Å². The fraction of sp³-hybridized carbons (Fsp3) is 0.533. The molecule has 0 fully saturated rings. The highest BCUT2D eigenvalue weighted by Crippen LogP contribution is 2.32. The molecule has 1 rings (SSSR count). The number of hydrogen-bond donors (Lipinski definition) is 0. The van der Waals surface area contributed by atoms with Gasteiger partial charge in [-0.15, -0.1) is 23.5 Å². The smallest absolute Gasteiger partial charge is 0.0211 e. The minimum Gasteiger partial charge on any atom is -0.125 e. The highest BCUT2D eigenvalue weighted by atomic mass is 32.2. The van der Waals surface area contributed by atoms with Gasteiger partial charge in [-0.05, 0) is 42.0 Å². The molecule has 17 heavy (non-hydrogen) atoms. The van der Waals surface area contributed by atoms with Crippen LogP contribution in [0, 0.1) is 6.92 Å². The van der Waals surface area contributed by atoms with Gasteiger partial charge in [-0.25, -0.2) is 0 Å². The number of thioether (sulfide) groups is 2. The summed E-state index contributed by atoms with van der Waals surface area (Å²) in [6.07, 6.45) is 4.76. The van der Waals surface area contributed by atoms with Crippen LogP contribution in [0.15, 0.2) is 28.0 Å². The van der Waals surface area contributed by atoms with E-state index in [2.05, 4.69) is 39.0 Å². The fourth-order valence-electron chi connectivity index (χ4n) is 1.76. The van der Waals surface area contributed by atoms with E-state index < -0.39 is 0 Å². The van der Waals surface area contributed by atoms with Crippen molar-refractivity contribution in [2.75, 3.05) is 11.5 Å². The molecule has 0 unspecified atom stereocenters. The molecule has 0 spiro atoms. The minimum absolute atomic E-state index is 1.06. The van der Waals surface area contributed by atoms with Crippen LogP contribution in [-0.4, -0.2) is 11.5 Å². The minimum atomic E-state index is 1.06. The predicted octanol–water partition coefficient (Wildman–Crippen LogP) is 5.46. The van der Waals surface area contributed by atoms with Gasteiger partial charge in [0, 0.05) is 9.79 Å². The van der Waals surface area contributed by atoms with Gasteiger partial charge in [-0.1, -0.05) is 39.7 Å². The van der Waals surface area contributed by atoms with Crippen LogP contribution >= 0.6 is 23.5 Å². The molecular formula is C15H23S2. The van der Waals surface area contributed by atoms with Gasteiger partial charge in [0.25, 0.3) is 0 Å². The lowest BCUT2D eigenvalue weighted by atomic mass is 10.1. The largest absolute Gasteiger partial charge is 0.125 e. The molecule has 0 aliphatic carbocycles. The lowest BCUT2D eigenvalue weighted by Gasteiger charge is -2.09. The average Bonchev–Trinajstić information content (AvgIpc) is 2.33. The van der Waals surface area contributed by atoms with Crippen molar-refractivity contribution in [1.82, 2.24) is 0 Å². The highest BCUT2D eigenvalue weighted by Gasteiger charge is 2.04. The standard InChI is InChI=1S/C15H23S2/c1-4-7-8-9-13-10-11-14(16-5-2)15(12-13)17-6-3/h10-12H,1,4-9H2,2-3H3. The molecule has 0 saturated carbocycles. The van der Waals surface area contributed by atoms with Crippen molar-refractivity contribution in [1.29, 1.82) is 0 Å². The zero-order chi connectivity index (χ0) is 12.5. The molecule has 1 aromatic carbocycles. The SMILES string of the molecule is [CH2]CCCCc1ccc(SCC)c(SCC)c1. The Hall–Kier alpha value is -0.0800. The van der Waals surface area contributed by atoms with Gasteiger partial charge >= 0.3 is 0 Å². The third-order valence-electron chi connectivity index (χ3n) is 2.57.